The molecule has 9 heteroatoms. The maximum Gasteiger partial charge on any atom is 0.242 e. The largest absolute Gasteiger partial charge is 0.376 e. The standard InChI is InChI=1S/C27H35N3O5S/c1-20(27(32)28-18-24-8-5-17-35-24)30(19-22-6-3-2-4-7-22)26(31)16-11-21-9-14-25(15-10-21)36(33,34)29-23-12-13-23/h2-4,6-7,9-10,14-15,20,23-24,29H,5,8,11-13,16-19H2,1H3,(H,28,32)/t20-,24+/m0/s1. The highest BCUT2D eigenvalue weighted by Gasteiger charge is 2.29. The van der Waals surface area contributed by atoms with E-state index in [0.29, 0.717) is 19.5 Å². The van der Waals surface area contributed by atoms with Gasteiger partial charge in [-0.15, -0.1) is 0 Å². The molecule has 2 aliphatic rings. The molecule has 194 valence electrons. The molecule has 36 heavy (non-hydrogen) atoms. The first-order valence-electron chi connectivity index (χ1n) is 12.7. The molecule has 2 atom stereocenters. The summed E-state index contributed by atoms with van der Waals surface area (Å²) in [6.45, 7) is 3.25. The number of ether oxygens (including phenoxy) is 1. The van der Waals surface area contributed by atoms with Crippen LogP contribution in [0.3, 0.4) is 0 Å². The molecule has 0 unspecified atom stereocenters. The lowest BCUT2D eigenvalue weighted by molar-refractivity contribution is -0.140. The summed E-state index contributed by atoms with van der Waals surface area (Å²) in [6, 6.07) is 15.7. The summed E-state index contributed by atoms with van der Waals surface area (Å²) in [6.07, 6.45) is 4.38. The third kappa shape index (κ3) is 7.38. The minimum Gasteiger partial charge on any atom is -0.376 e. The highest BCUT2D eigenvalue weighted by Crippen LogP contribution is 2.22. The minimum atomic E-state index is -3.50. The third-order valence-corrected chi connectivity index (χ3v) is 8.19. The van der Waals surface area contributed by atoms with Crippen molar-refractivity contribution in [2.24, 2.45) is 0 Å². The predicted octanol–water partition coefficient (Wildman–Crippen LogP) is 2.77. The number of benzene rings is 2. The Kier molecular flexibility index (Phi) is 8.77. The van der Waals surface area contributed by atoms with Crippen molar-refractivity contribution in [3.8, 4) is 0 Å². The highest BCUT2D eigenvalue weighted by atomic mass is 32.2. The third-order valence-electron chi connectivity index (χ3n) is 6.65. The van der Waals surface area contributed by atoms with Crippen molar-refractivity contribution < 1.29 is 22.7 Å². The molecule has 2 aromatic rings. The van der Waals surface area contributed by atoms with Crippen LogP contribution < -0.4 is 10.0 Å². The summed E-state index contributed by atoms with van der Waals surface area (Å²) in [5, 5.41) is 2.94. The van der Waals surface area contributed by atoms with Crippen LogP contribution in [0.5, 0.6) is 0 Å². The molecule has 1 saturated heterocycles. The Morgan fingerprint density at radius 3 is 2.39 bits per heavy atom. The van der Waals surface area contributed by atoms with E-state index in [1.54, 1.807) is 36.1 Å². The first-order valence-corrected chi connectivity index (χ1v) is 14.1. The van der Waals surface area contributed by atoms with E-state index in [0.717, 1.165) is 43.4 Å². The Morgan fingerprint density at radius 2 is 1.75 bits per heavy atom. The molecule has 2 fully saturated rings. The predicted molar refractivity (Wildman–Crippen MR) is 137 cm³/mol. The molecular weight excluding hydrogens is 478 g/mol. The monoisotopic (exact) mass is 513 g/mol. The molecule has 2 amide bonds. The second-order valence-corrected chi connectivity index (χ2v) is 11.3. The van der Waals surface area contributed by atoms with E-state index in [-0.39, 0.29) is 35.3 Å². The number of hydrogen-bond donors (Lipinski definition) is 2. The van der Waals surface area contributed by atoms with Crippen molar-refractivity contribution in [1.29, 1.82) is 0 Å². The minimum absolute atomic E-state index is 0.0330. The van der Waals surface area contributed by atoms with E-state index in [2.05, 4.69) is 10.0 Å². The van der Waals surface area contributed by atoms with E-state index in [1.165, 1.54) is 0 Å². The molecule has 0 aromatic heterocycles. The van der Waals surface area contributed by atoms with E-state index >= 15 is 0 Å². The second-order valence-electron chi connectivity index (χ2n) is 9.60. The van der Waals surface area contributed by atoms with Gasteiger partial charge in [-0.2, -0.15) is 0 Å². The fourth-order valence-corrected chi connectivity index (χ4v) is 5.55. The molecule has 1 heterocycles. The van der Waals surface area contributed by atoms with Gasteiger partial charge in [0.05, 0.1) is 11.0 Å². The van der Waals surface area contributed by atoms with Gasteiger partial charge in [0.25, 0.3) is 0 Å². The summed E-state index contributed by atoms with van der Waals surface area (Å²) in [5.74, 6) is -0.335. The SMILES string of the molecule is C[C@@H](C(=O)NC[C@H]1CCCO1)N(Cc1ccccc1)C(=O)CCc1ccc(S(=O)(=O)NC2CC2)cc1. The summed E-state index contributed by atoms with van der Waals surface area (Å²) < 4.78 is 33.0. The normalized spacial score (nSPS) is 18.5. The number of hydrogen-bond acceptors (Lipinski definition) is 5. The van der Waals surface area contributed by atoms with Crippen LogP contribution in [0.2, 0.25) is 0 Å². The summed E-state index contributed by atoms with van der Waals surface area (Å²) in [4.78, 5) is 28.0. The van der Waals surface area contributed by atoms with Gasteiger partial charge in [-0.1, -0.05) is 42.5 Å². The van der Waals surface area contributed by atoms with Crippen LogP contribution in [-0.4, -0.2) is 56.5 Å². The van der Waals surface area contributed by atoms with Crippen LogP contribution in [0, 0.1) is 0 Å². The van der Waals surface area contributed by atoms with E-state index in [9.17, 15) is 18.0 Å². The van der Waals surface area contributed by atoms with Gasteiger partial charge >= 0.3 is 0 Å². The second kappa shape index (κ2) is 12.0. The lowest BCUT2D eigenvalue weighted by atomic mass is 10.1. The number of rotatable bonds is 12. The molecule has 1 aliphatic carbocycles. The maximum absolute atomic E-state index is 13.3. The average molecular weight is 514 g/mol. The molecule has 1 saturated carbocycles. The van der Waals surface area contributed by atoms with Crippen molar-refractivity contribution in [1.82, 2.24) is 14.9 Å². The van der Waals surface area contributed by atoms with Gasteiger partial charge in [0, 0.05) is 32.2 Å². The molecule has 0 radical (unpaired) electrons. The Hall–Kier alpha value is -2.75. The van der Waals surface area contributed by atoms with Gasteiger partial charge < -0.3 is 15.0 Å². The van der Waals surface area contributed by atoms with Gasteiger partial charge in [0.1, 0.15) is 6.04 Å². The topological polar surface area (TPSA) is 105 Å². The van der Waals surface area contributed by atoms with Gasteiger partial charge in [0.15, 0.2) is 0 Å². The van der Waals surface area contributed by atoms with Gasteiger partial charge in [0.2, 0.25) is 21.8 Å². The molecule has 2 N–H and O–H groups in total. The fourth-order valence-electron chi connectivity index (χ4n) is 4.25. The van der Waals surface area contributed by atoms with E-state index in [4.69, 9.17) is 4.74 Å². The zero-order chi connectivity index (χ0) is 25.5. The van der Waals surface area contributed by atoms with Crippen molar-refractivity contribution in [2.75, 3.05) is 13.2 Å². The van der Waals surface area contributed by atoms with Crippen LogP contribution >= 0.6 is 0 Å². The zero-order valence-electron chi connectivity index (χ0n) is 20.7. The van der Waals surface area contributed by atoms with Crippen LogP contribution in [0.1, 0.15) is 50.2 Å². The van der Waals surface area contributed by atoms with Crippen molar-refractivity contribution in [3.63, 3.8) is 0 Å². The fraction of sp³-hybridized carbons (Fsp3) is 0.481. The number of carbonyl (C=O) groups is 2. The molecule has 2 aromatic carbocycles. The van der Waals surface area contributed by atoms with Crippen LogP contribution in [-0.2, 0) is 37.3 Å². The van der Waals surface area contributed by atoms with Crippen molar-refractivity contribution >= 4 is 21.8 Å². The molecule has 0 bridgehead atoms. The number of nitrogens with one attached hydrogen (secondary N) is 2. The molecule has 4 rings (SSSR count). The van der Waals surface area contributed by atoms with Gasteiger partial charge in [-0.05, 0) is 62.3 Å². The van der Waals surface area contributed by atoms with Crippen LogP contribution in [0.15, 0.2) is 59.5 Å². The quantitative estimate of drug-likeness (QED) is 0.454. The number of sulfonamides is 1. The number of amides is 2. The lowest BCUT2D eigenvalue weighted by Crippen LogP contribution is -2.49. The van der Waals surface area contributed by atoms with Crippen LogP contribution in [0.4, 0.5) is 0 Å². The van der Waals surface area contributed by atoms with Crippen LogP contribution in [0.25, 0.3) is 0 Å². The lowest BCUT2D eigenvalue weighted by Gasteiger charge is -2.29. The van der Waals surface area contributed by atoms with Crippen molar-refractivity contribution in [2.45, 2.75) is 75.1 Å². The number of nitrogens with zero attached hydrogens (tertiary/aromatic N) is 1. The Balaban J connectivity index is 1.37. The van der Waals surface area contributed by atoms with Crippen molar-refractivity contribution in [3.05, 3.63) is 65.7 Å². The molecule has 0 spiro atoms. The first kappa shape index (κ1) is 26.3. The van der Waals surface area contributed by atoms with E-state index < -0.39 is 16.1 Å². The zero-order valence-corrected chi connectivity index (χ0v) is 21.5. The Bertz CT molecular complexity index is 1130. The maximum atomic E-state index is 13.3. The highest BCUT2D eigenvalue weighted by molar-refractivity contribution is 7.89. The molecular formula is C27H35N3O5S. The summed E-state index contributed by atoms with van der Waals surface area (Å²) in [7, 11) is -3.50. The van der Waals surface area contributed by atoms with E-state index in [1.807, 2.05) is 30.3 Å². The Labute approximate surface area is 213 Å². The number of aryl methyl sites for hydroxylation is 1. The summed E-state index contributed by atoms with van der Waals surface area (Å²) in [5.41, 5.74) is 1.81. The molecule has 8 nitrogen and oxygen atoms in total. The first-order chi connectivity index (χ1) is 17.3. The number of carbonyl (C=O) groups excluding carboxylic acids is 2. The smallest absolute Gasteiger partial charge is 0.242 e. The average Bonchev–Trinajstić information content (AvgIpc) is 3.53. The molecule has 1 aliphatic heterocycles. The Morgan fingerprint density at radius 1 is 1.03 bits per heavy atom. The van der Waals surface area contributed by atoms with Gasteiger partial charge in [-0.25, -0.2) is 13.1 Å². The van der Waals surface area contributed by atoms with Gasteiger partial charge in [-0.3, -0.25) is 9.59 Å². The summed E-state index contributed by atoms with van der Waals surface area (Å²) >= 11 is 0.